The van der Waals surface area contributed by atoms with Crippen LogP contribution >= 0.6 is 11.6 Å². The second-order valence-electron chi connectivity index (χ2n) is 11.7. The molecule has 2 aliphatic carbocycles. The molecule has 0 radical (unpaired) electrons. The number of piperidine rings is 1. The molecular weight excluding hydrogens is 473 g/mol. The Kier molecular flexibility index (Phi) is 5.58. The number of likely N-dealkylation sites (tertiary alicyclic amines) is 1. The maximum Gasteiger partial charge on any atom is 0.410 e. The van der Waals surface area contributed by atoms with Crippen LogP contribution in [0.1, 0.15) is 70.3 Å². The first-order valence-corrected chi connectivity index (χ1v) is 12.6. The highest BCUT2D eigenvalue weighted by Gasteiger charge is 2.60. The van der Waals surface area contributed by atoms with Crippen molar-refractivity contribution in [2.75, 3.05) is 27.2 Å². The number of ether oxygens (including phenoxy) is 1. The molecule has 1 aliphatic heterocycles. The van der Waals surface area contributed by atoms with Crippen LogP contribution in [0.25, 0.3) is 10.9 Å². The topological polar surface area (TPSA) is 80.6 Å². The van der Waals surface area contributed by atoms with E-state index in [2.05, 4.69) is 4.98 Å². The summed E-state index contributed by atoms with van der Waals surface area (Å²) in [5.74, 6) is -0.190. The molecule has 4 atom stereocenters. The number of carbonyl (C=O) groups excluding carboxylic acids is 2. The predicted octanol–water partition coefficient (Wildman–Crippen LogP) is 4.58. The SMILES string of the molecule is CC(C)c1nc(Cl)c(F)c2c1c(C1C3CN(C(=O)OC(C)(C)C)CC31)nn2C1CC1C(=O)N(C)C. The minimum absolute atomic E-state index is 0.0149. The van der Waals surface area contributed by atoms with Gasteiger partial charge in [-0.05, 0) is 44.9 Å². The van der Waals surface area contributed by atoms with Crippen molar-refractivity contribution in [2.24, 2.45) is 17.8 Å². The van der Waals surface area contributed by atoms with Gasteiger partial charge >= 0.3 is 6.09 Å². The zero-order valence-corrected chi connectivity index (χ0v) is 22.1. The van der Waals surface area contributed by atoms with Crippen LogP contribution in [0.3, 0.4) is 0 Å². The van der Waals surface area contributed by atoms with E-state index in [0.29, 0.717) is 30.4 Å². The lowest BCUT2D eigenvalue weighted by Gasteiger charge is -2.25. The zero-order valence-electron chi connectivity index (χ0n) is 21.3. The Hall–Kier alpha value is -2.42. The number of rotatable bonds is 4. The van der Waals surface area contributed by atoms with Crippen LogP contribution in [0.5, 0.6) is 0 Å². The van der Waals surface area contributed by atoms with Gasteiger partial charge in [0.05, 0.1) is 23.3 Å². The summed E-state index contributed by atoms with van der Waals surface area (Å²) >= 11 is 6.23. The van der Waals surface area contributed by atoms with Gasteiger partial charge in [0.15, 0.2) is 11.0 Å². The molecule has 10 heteroatoms. The van der Waals surface area contributed by atoms with E-state index in [1.807, 2.05) is 34.6 Å². The van der Waals surface area contributed by atoms with Crippen molar-refractivity contribution in [3.63, 3.8) is 0 Å². The number of pyridine rings is 1. The van der Waals surface area contributed by atoms with E-state index in [4.69, 9.17) is 21.4 Å². The molecule has 35 heavy (non-hydrogen) atoms. The third-order valence-electron chi connectivity index (χ3n) is 7.34. The molecule has 3 heterocycles. The van der Waals surface area contributed by atoms with Crippen LogP contribution in [-0.2, 0) is 9.53 Å². The fraction of sp³-hybridized carbons (Fsp3) is 0.680. The lowest BCUT2D eigenvalue weighted by Crippen LogP contribution is -2.36. The Morgan fingerprint density at radius 2 is 1.83 bits per heavy atom. The molecule has 2 aromatic rings. The van der Waals surface area contributed by atoms with Crippen molar-refractivity contribution >= 4 is 34.5 Å². The quantitative estimate of drug-likeness (QED) is 0.568. The third kappa shape index (κ3) is 4.05. The van der Waals surface area contributed by atoms with E-state index in [1.54, 1.807) is 28.6 Å². The normalized spacial score (nSPS) is 27.4. The van der Waals surface area contributed by atoms with Gasteiger partial charge in [-0.15, -0.1) is 0 Å². The minimum Gasteiger partial charge on any atom is -0.444 e. The number of carbonyl (C=O) groups is 2. The average Bonchev–Trinajstić information content (AvgIpc) is 3.58. The summed E-state index contributed by atoms with van der Waals surface area (Å²) in [5.41, 5.74) is 1.33. The first-order chi connectivity index (χ1) is 16.3. The van der Waals surface area contributed by atoms with Gasteiger partial charge in [0.2, 0.25) is 5.91 Å². The standard InChI is InChI=1S/C25H33ClFN5O3/c1-11(2)19-17-20(16-13-9-31(10-14(13)16)24(34)35-25(3,4)5)29-32(21(17)18(27)22(26)28-19)15-8-12(15)23(33)30(6)7/h11-16H,8-10H2,1-7H3. The lowest BCUT2D eigenvalue weighted by molar-refractivity contribution is -0.130. The third-order valence-corrected chi connectivity index (χ3v) is 7.59. The highest BCUT2D eigenvalue weighted by molar-refractivity contribution is 6.30. The number of halogens is 2. The summed E-state index contributed by atoms with van der Waals surface area (Å²) < 4.78 is 22.7. The number of amides is 2. The van der Waals surface area contributed by atoms with Crippen molar-refractivity contribution in [2.45, 2.75) is 64.5 Å². The summed E-state index contributed by atoms with van der Waals surface area (Å²) in [6.45, 7) is 10.8. The fourth-order valence-electron chi connectivity index (χ4n) is 5.57. The summed E-state index contributed by atoms with van der Waals surface area (Å²) in [4.78, 5) is 32.8. The Balaban J connectivity index is 1.50. The summed E-state index contributed by atoms with van der Waals surface area (Å²) in [6, 6.07) is -0.203. The molecule has 190 valence electrons. The fourth-order valence-corrected chi connectivity index (χ4v) is 5.75. The van der Waals surface area contributed by atoms with Gasteiger partial charge in [-0.25, -0.2) is 14.2 Å². The monoisotopic (exact) mass is 505 g/mol. The second-order valence-corrected chi connectivity index (χ2v) is 12.0. The summed E-state index contributed by atoms with van der Waals surface area (Å²) in [5, 5.41) is 5.48. The van der Waals surface area contributed by atoms with Gasteiger partial charge in [0.25, 0.3) is 0 Å². The average molecular weight is 506 g/mol. The van der Waals surface area contributed by atoms with E-state index >= 15 is 4.39 Å². The molecule has 1 saturated heterocycles. The van der Waals surface area contributed by atoms with Crippen LogP contribution < -0.4 is 0 Å². The Morgan fingerprint density at radius 3 is 2.37 bits per heavy atom. The highest BCUT2D eigenvalue weighted by atomic mass is 35.5. The van der Waals surface area contributed by atoms with Crippen molar-refractivity contribution in [1.29, 1.82) is 0 Å². The molecule has 2 saturated carbocycles. The Labute approximate surface area is 209 Å². The van der Waals surface area contributed by atoms with Crippen molar-refractivity contribution in [1.82, 2.24) is 24.6 Å². The van der Waals surface area contributed by atoms with Crippen molar-refractivity contribution in [3.8, 4) is 0 Å². The Morgan fingerprint density at radius 1 is 1.20 bits per heavy atom. The van der Waals surface area contributed by atoms with E-state index in [9.17, 15) is 9.59 Å². The minimum atomic E-state index is -0.589. The number of aromatic nitrogens is 3. The number of hydrogen-bond donors (Lipinski definition) is 0. The molecule has 4 unspecified atom stereocenters. The van der Waals surface area contributed by atoms with Gasteiger partial charge in [0, 0.05) is 38.5 Å². The molecule has 8 nitrogen and oxygen atoms in total. The molecule has 3 fully saturated rings. The summed E-state index contributed by atoms with van der Waals surface area (Å²) in [6.07, 6.45) is 0.317. The zero-order chi connectivity index (χ0) is 25.6. The smallest absolute Gasteiger partial charge is 0.410 e. The molecule has 5 rings (SSSR count). The molecule has 0 N–H and O–H groups in total. The second kappa shape index (κ2) is 8.05. The maximum atomic E-state index is 15.5. The van der Waals surface area contributed by atoms with Crippen LogP contribution in [0.4, 0.5) is 9.18 Å². The maximum absolute atomic E-state index is 15.5. The molecule has 0 bridgehead atoms. The largest absolute Gasteiger partial charge is 0.444 e. The van der Waals surface area contributed by atoms with Crippen LogP contribution in [0.2, 0.25) is 5.15 Å². The molecule has 2 aromatic heterocycles. The van der Waals surface area contributed by atoms with Gasteiger partial charge in [-0.2, -0.15) is 5.10 Å². The predicted molar refractivity (Wildman–Crippen MR) is 130 cm³/mol. The van der Waals surface area contributed by atoms with Crippen LogP contribution in [-0.4, -0.2) is 69.4 Å². The molecule has 0 aromatic carbocycles. The van der Waals surface area contributed by atoms with Crippen LogP contribution in [0.15, 0.2) is 0 Å². The van der Waals surface area contributed by atoms with E-state index in [1.165, 1.54) is 0 Å². The molecule has 0 spiro atoms. The van der Waals surface area contributed by atoms with Gasteiger partial charge in [0.1, 0.15) is 11.1 Å². The first kappa shape index (κ1) is 24.3. The molecule has 3 aliphatic rings. The van der Waals surface area contributed by atoms with Crippen LogP contribution in [0, 0.1) is 23.6 Å². The Bertz CT molecular complexity index is 1210. The van der Waals surface area contributed by atoms with Crippen molar-refractivity contribution in [3.05, 3.63) is 22.4 Å². The lowest BCUT2D eigenvalue weighted by atomic mass is 10.0. The van der Waals surface area contributed by atoms with Gasteiger partial charge in [-0.1, -0.05) is 25.4 Å². The van der Waals surface area contributed by atoms with E-state index in [-0.39, 0.29) is 52.8 Å². The summed E-state index contributed by atoms with van der Waals surface area (Å²) in [7, 11) is 3.45. The van der Waals surface area contributed by atoms with Gasteiger partial charge in [-0.3, -0.25) is 9.48 Å². The molecule has 2 amide bonds. The number of fused-ring (bicyclic) bond motifs is 2. The molecular formula is C25H33ClFN5O3. The highest BCUT2D eigenvalue weighted by Crippen LogP contribution is 2.60. The van der Waals surface area contributed by atoms with Crippen molar-refractivity contribution < 1.29 is 18.7 Å². The van der Waals surface area contributed by atoms with E-state index < -0.39 is 11.4 Å². The first-order valence-electron chi connectivity index (χ1n) is 12.3. The number of hydrogen-bond acceptors (Lipinski definition) is 5. The number of nitrogens with zero attached hydrogens (tertiary/aromatic N) is 5. The van der Waals surface area contributed by atoms with Gasteiger partial charge < -0.3 is 14.5 Å². The van der Waals surface area contributed by atoms with E-state index in [0.717, 1.165) is 11.4 Å².